The fourth-order valence-electron chi connectivity index (χ4n) is 2.83. The van der Waals surface area contributed by atoms with Crippen molar-refractivity contribution in [1.82, 2.24) is 4.90 Å². The second kappa shape index (κ2) is 3.91. The van der Waals surface area contributed by atoms with Gasteiger partial charge in [0.1, 0.15) is 5.60 Å². The molecular formula is C12H21NO3. The third kappa shape index (κ3) is 2.17. The van der Waals surface area contributed by atoms with Gasteiger partial charge in [-0.3, -0.25) is 0 Å². The summed E-state index contributed by atoms with van der Waals surface area (Å²) in [6.45, 7) is 6.66. The fraction of sp³-hybridized carbons (Fsp3) is 0.917. The van der Waals surface area contributed by atoms with Gasteiger partial charge in [0, 0.05) is 19.2 Å². The van der Waals surface area contributed by atoms with Gasteiger partial charge in [-0.2, -0.15) is 0 Å². The first-order chi connectivity index (χ1) is 7.40. The second-order valence-electron chi connectivity index (χ2n) is 5.96. The van der Waals surface area contributed by atoms with E-state index in [9.17, 15) is 4.79 Å². The number of hydrogen-bond acceptors (Lipinski definition) is 3. The fourth-order valence-corrected chi connectivity index (χ4v) is 2.83. The van der Waals surface area contributed by atoms with Crippen LogP contribution in [-0.4, -0.2) is 40.9 Å². The van der Waals surface area contributed by atoms with Gasteiger partial charge in [0.2, 0.25) is 0 Å². The van der Waals surface area contributed by atoms with Crippen LogP contribution in [0.1, 0.15) is 33.6 Å². The average Bonchev–Trinajstić information content (AvgIpc) is 2.72. The number of rotatable bonds is 1. The first-order valence-corrected chi connectivity index (χ1v) is 6.01. The number of ether oxygens (including phenoxy) is 1. The van der Waals surface area contributed by atoms with Crippen molar-refractivity contribution in [2.75, 3.05) is 13.2 Å². The lowest BCUT2D eigenvalue weighted by atomic mass is 9.96. The lowest BCUT2D eigenvalue weighted by Gasteiger charge is -2.32. The van der Waals surface area contributed by atoms with E-state index in [4.69, 9.17) is 9.84 Å². The third-order valence-electron chi connectivity index (χ3n) is 3.55. The number of aliphatic hydroxyl groups is 1. The van der Waals surface area contributed by atoms with Crippen molar-refractivity contribution in [2.45, 2.75) is 45.3 Å². The number of likely N-dealkylation sites (tertiary alicyclic amines) is 1. The van der Waals surface area contributed by atoms with E-state index in [1.807, 2.05) is 25.7 Å². The topological polar surface area (TPSA) is 49.8 Å². The van der Waals surface area contributed by atoms with Crippen LogP contribution in [0.2, 0.25) is 0 Å². The molecule has 1 aliphatic heterocycles. The zero-order chi connectivity index (χ0) is 11.9. The summed E-state index contributed by atoms with van der Waals surface area (Å²) >= 11 is 0. The van der Waals surface area contributed by atoms with E-state index in [1.165, 1.54) is 0 Å². The number of carbonyl (C=O) groups excluding carboxylic acids is 1. The molecule has 0 unspecified atom stereocenters. The summed E-state index contributed by atoms with van der Waals surface area (Å²) in [7, 11) is 0. The van der Waals surface area contributed by atoms with Gasteiger partial charge in [-0.1, -0.05) is 0 Å². The molecule has 2 fully saturated rings. The molecule has 1 heterocycles. The van der Waals surface area contributed by atoms with Crippen LogP contribution in [0.4, 0.5) is 4.79 Å². The summed E-state index contributed by atoms with van der Waals surface area (Å²) in [6.07, 6.45) is 1.77. The van der Waals surface area contributed by atoms with Crippen molar-refractivity contribution >= 4 is 6.09 Å². The van der Waals surface area contributed by atoms with E-state index in [1.54, 1.807) is 0 Å². The van der Waals surface area contributed by atoms with Crippen molar-refractivity contribution in [3.8, 4) is 0 Å². The average molecular weight is 227 g/mol. The molecule has 2 bridgehead atoms. The van der Waals surface area contributed by atoms with Crippen molar-refractivity contribution < 1.29 is 14.6 Å². The Hall–Kier alpha value is -0.770. The Bertz CT molecular complexity index is 284. The smallest absolute Gasteiger partial charge is 0.410 e. The number of nitrogens with zero attached hydrogens (tertiary/aromatic N) is 1. The molecule has 16 heavy (non-hydrogen) atoms. The molecule has 4 heteroatoms. The predicted octanol–water partition coefficient (Wildman–Crippen LogP) is 1.62. The molecule has 0 aromatic rings. The van der Waals surface area contributed by atoms with Crippen LogP contribution < -0.4 is 0 Å². The molecule has 92 valence electrons. The standard InChI is InChI=1S/C12H21NO3/c1-12(2,3)16-11(15)13-6-8-4-10(13)5-9(8)7-14/h8-10,14H,4-7H2,1-3H3/t8-,9+,10-/m1/s1. The third-order valence-corrected chi connectivity index (χ3v) is 3.55. The van der Waals surface area contributed by atoms with Gasteiger partial charge in [0.25, 0.3) is 0 Å². The Morgan fingerprint density at radius 3 is 2.56 bits per heavy atom. The summed E-state index contributed by atoms with van der Waals surface area (Å²) in [6, 6.07) is 0.289. The predicted molar refractivity (Wildman–Crippen MR) is 60.0 cm³/mol. The molecule has 0 radical (unpaired) electrons. The van der Waals surface area contributed by atoms with E-state index < -0.39 is 5.60 Å². The molecule has 3 atom stereocenters. The molecule has 1 amide bonds. The monoisotopic (exact) mass is 227 g/mol. The molecule has 0 spiro atoms. The maximum absolute atomic E-state index is 11.9. The molecule has 4 nitrogen and oxygen atoms in total. The molecule has 2 rings (SSSR count). The van der Waals surface area contributed by atoms with E-state index in [2.05, 4.69) is 0 Å². The van der Waals surface area contributed by atoms with Crippen LogP contribution in [0.5, 0.6) is 0 Å². The molecule has 0 aromatic carbocycles. The SMILES string of the molecule is CC(C)(C)OC(=O)N1C[C@H]2C[C@@H]1C[C@H]2CO. The van der Waals surface area contributed by atoms with Crippen LogP contribution in [0, 0.1) is 11.8 Å². The summed E-state index contributed by atoms with van der Waals surface area (Å²) < 4.78 is 5.37. The zero-order valence-electron chi connectivity index (χ0n) is 10.3. The zero-order valence-corrected chi connectivity index (χ0v) is 10.3. The Kier molecular flexibility index (Phi) is 2.86. The lowest BCUT2D eigenvalue weighted by molar-refractivity contribution is 0.0137. The van der Waals surface area contributed by atoms with Crippen LogP contribution in [0.3, 0.4) is 0 Å². The summed E-state index contributed by atoms with van der Waals surface area (Å²) in [5.74, 6) is 0.867. The number of fused-ring (bicyclic) bond motifs is 2. The highest BCUT2D eigenvalue weighted by Crippen LogP contribution is 2.42. The summed E-state index contributed by atoms with van der Waals surface area (Å²) in [5, 5.41) is 9.16. The van der Waals surface area contributed by atoms with Crippen molar-refractivity contribution in [3.05, 3.63) is 0 Å². The number of amides is 1. The molecule has 1 saturated heterocycles. The molecule has 1 aliphatic carbocycles. The van der Waals surface area contributed by atoms with E-state index in [0.29, 0.717) is 11.8 Å². The van der Waals surface area contributed by atoms with Gasteiger partial charge in [0.05, 0.1) is 0 Å². The van der Waals surface area contributed by atoms with Crippen LogP contribution >= 0.6 is 0 Å². The van der Waals surface area contributed by atoms with Crippen LogP contribution in [0.15, 0.2) is 0 Å². The van der Waals surface area contributed by atoms with Gasteiger partial charge in [0.15, 0.2) is 0 Å². The number of hydrogen-bond donors (Lipinski definition) is 1. The van der Waals surface area contributed by atoms with Gasteiger partial charge >= 0.3 is 6.09 Å². The van der Waals surface area contributed by atoms with E-state index in [-0.39, 0.29) is 18.7 Å². The van der Waals surface area contributed by atoms with Crippen molar-refractivity contribution in [1.29, 1.82) is 0 Å². The number of aliphatic hydroxyl groups excluding tert-OH is 1. The highest BCUT2D eigenvalue weighted by atomic mass is 16.6. The van der Waals surface area contributed by atoms with Crippen LogP contribution in [0.25, 0.3) is 0 Å². The minimum absolute atomic E-state index is 0.198. The van der Waals surface area contributed by atoms with Gasteiger partial charge < -0.3 is 14.7 Å². The summed E-state index contributed by atoms with van der Waals surface area (Å²) in [5.41, 5.74) is -0.421. The molecule has 2 aliphatic rings. The Labute approximate surface area is 96.6 Å². The summed E-state index contributed by atoms with van der Waals surface area (Å²) in [4.78, 5) is 13.7. The highest BCUT2D eigenvalue weighted by Gasteiger charge is 2.47. The first kappa shape index (κ1) is 11.7. The maximum atomic E-state index is 11.9. The Morgan fingerprint density at radius 1 is 1.44 bits per heavy atom. The Morgan fingerprint density at radius 2 is 2.12 bits per heavy atom. The minimum atomic E-state index is -0.421. The van der Waals surface area contributed by atoms with Crippen molar-refractivity contribution in [2.24, 2.45) is 11.8 Å². The molecule has 0 aromatic heterocycles. The van der Waals surface area contributed by atoms with Gasteiger partial charge in [-0.25, -0.2) is 4.79 Å². The molecular weight excluding hydrogens is 206 g/mol. The number of carbonyl (C=O) groups is 1. The largest absolute Gasteiger partial charge is 0.444 e. The molecule has 1 N–H and O–H groups in total. The van der Waals surface area contributed by atoms with Crippen molar-refractivity contribution in [3.63, 3.8) is 0 Å². The maximum Gasteiger partial charge on any atom is 0.410 e. The van der Waals surface area contributed by atoms with Crippen LogP contribution in [-0.2, 0) is 4.74 Å². The van der Waals surface area contributed by atoms with E-state index >= 15 is 0 Å². The highest BCUT2D eigenvalue weighted by molar-refractivity contribution is 5.69. The molecule has 1 saturated carbocycles. The second-order valence-corrected chi connectivity index (χ2v) is 5.96. The van der Waals surface area contributed by atoms with E-state index in [0.717, 1.165) is 19.4 Å². The van der Waals surface area contributed by atoms with Gasteiger partial charge in [-0.15, -0.1) is 0 Å². The van der Waals surface area contributed by atoms with Gasteiger partial charge in [-0.05, 0) is 45.4 Å². The first-order valence-electron chi connectivity index (χ1n) is 6.01. The minimum Gasteiger partial charge on any atom is -0.444 e. The normalized spacial score (nSPS) is 33.2. The number of piperidine rings is 1. The Balaban J connectivity index is 1.93. The quantitative estimate of drug-likeness (QED) is 0.740. The lowest BCUT2D eigenvalue weighted by Crippen LogP contribution is -2.43.